The molecule has 1 aromatic carbocycles. The molecule has 1 aliphatic heterocycles. The van der Waals surface area contributed by atoms with Crippen LogP contribution in [-0.4, -0.2) is 43.2 Å². The van der Waals surface area contributed by atoms with E-state index in [9.17, 15) is 14.9 Å². The number of hydrogen-bond acceptors (Lipinski definition) is 6. The molecule has 1 amide bonds. The monoisotopic (exact) mass is 380 g/mol. The Kier molecular flexibility index (Phi) is 6.87. The summed E-state index contributed by atoms with van der Waals surface area (Å²) in [7, 11) is 2.87. The van der Waals surface area contributed by atoms with Crippen LogP contribution in [-0.2, 0) is 4.74 Å². The van der Waals surface area contributed by atoms with Crippen molar-refractivity contribution < 1.29 is 23.9 Å². The Bertz CT molecular complexity index is 683. The summed E-state index contributed by atoms with van der Waals surface area (Å²) < 4.78 is 16.2. The van der Waals surface area contributed by atoms with Crippen molar-refractivity contribution in [1.29, 1.82) is 0 Å². The zero-order chi connectivity index (χ0) is 20.1. The number of ether oxygens (including phenoxy) is 3. The number of benzene rings is 1. The predicted molar refractivity (Wildman–Crippen MR) is 100 cm³/mol. The Hall–Kier alpha value is -2.51. The molecule has 8 heteroatoms. The molecule has 1 unspecified atom stereocenters. The number of hydrogen-bond donors (Lipinski definition) is 0. The van der Waals surface area contributed by atoms with E-state index < -0.39 is 17.1 Å². The fraction of sp³-hybridized carbons (Fsp3) is 0.632. The molecule has 2 rings (SSSR count). The number of rotatable bonds is 6. The molecule has 8 nitrogen and oxygen atoms in total. The number of nitrogens with zero attached hydrogens (tertiary/aromatic N) is 2. The number of piperidine rings is 1. The average molecular weight is 380 g/mol. The van der Waals surface area contributed by atoms with Crippen molar-refractivity contribution >= 4 is 11.8 Å². The molecule has 0 saturated carbocycles. The van der Waals surface area contributed by atoms with E-state index in [1.54, 1.807) is 4.90 Å². The normalized spacial score (nSPS) is 16.1. The van der Waals surface area contributed by atoms with Gasteiger partial charge in [-0.2, -0.15) is 0 Å². The highest BCUT2D eigenvalue weighted by Gasteiger charge is 2.32. The number of carbonyl (C=O) groups is 1. The lowest BCUT2D eigenvalue weighted by Crippen LogP contribution is -2.39. The quantitative estimate of drug-likeness (QED) is 0.543. The van der Waals surface area contributed by atoms with Gasteiger partial charge in [0.05, 0.1) is 30.8 Å². The van der Waals surface area contributed by atoms with E-state index in [1.807, 2.05) is 13.8 Å². The Morgan fingerprint density at radius 2 is 1.74 bits per heavy atom. The highest BCUT2D eigenvalue weighted by molar-refractivity contribution is 5.68. The van der Waals surface area contributed by atoms with E-state index in [1.165, 1.54) is 26.4 Å². The first-order chi connectivity index (χ1) is 12.8. The van der Waals surface area contributed by atoms with E-state index in [4.69, 9.17) is 14.2 Å². The van der Waals surface area contributed by atoms with Crippen LogP contribution in [0.1, 0.15) is 45.3 Å². The number of nitro benzene ring substituents is 1. The van der Waals surface area contributed by atoms with Crippen molar-refractivity contribution in [1.82, 2.24) is 4.90 Å². The topological polar surface area (TPSA) is 91.1 Å². The van der Waals surface area contributed by atoms with Crippen LogP contribution in [0.25, 0.3) is 0 Å². The van der Waals surface area contributed by atoms with E-state index in [0.717, 1.165) is 12.8 Å². The molecule has 0 aromatic heterocycles. The molecule has 1 atom stereocenters. The molecular weight excluding hydrogens is 352 g/mol. The van der Waals surface area contributed by atoms with Gasteiger partial charge in [0.1, 0.15) is 6.10 Å². The van der Waals surface area contributed by atoms with Crippen LogP contribution in [0.15, 0.2) is 12.1 Å². The number of amides is 1. The molecule has 0 N–H and O–H groups in total. The van der Waals surface area contributed by atoms with Crippen molar-refractivity contribution in [2.45, 2.75) is 39.7 Å². The first kappa shape index (κ1) is 20.8. The van der Waals surface area contributed by atoms with Crippen molar-refractivity contribution in [3.8, 4) is 11.5 Å². The summed E-state index contributed by atoms with van der Waals surface area (Å²) in [6, 6.07) is 2.83. The molecular formula is C19H28N2O6. The lowest BCUT2D eigenvalue weighted by Gasteiger charge is -2.32. The van der Waals surface area contributed by atoms with E-state index >= 15 is 0 Å². The summed E-state index contributed by atoms with van der Waals surface area (Å²) in [6.07, 6.45) is 0.650. The second-order valence-electron chi connectivity index (χ2n) is 7.24. The van der Waals surface area contributed by atoms with Crippen LogP contribution in [0.2, 0.25) is 0 Å². The summed E-state index contributed by atoms with van der Waals surface area (Å²) in [5.41, 5.74) is 0.137. The molecule has 0 aliphatic carbocycles. The first-order valence-corrected chi connectivity index (χ1v) is 9.14. The van der Waals surface area contributed by atoms with Gasteiger partial charge >= 0.3 is 6.09 Å². The SMILES string of the molecule is COc1cc(C(OC(=O)N2CCC(C)CC2)C(C)C)c([N+](=O)[O-])cc1OC. The molecule has 1 fully saturated rings. The number of likely N-dealkylation sites (tertiary alicyclic amines) is 1. The summed E-state index contributed by atoms with van der Waals surface area (Å²) in [6.45, 7) is 7.15. The molecule has 1 aromatic rings. The van der Waals surface area contributed by atoms with Crippen molar-refractivity contribution in [2.24, 2.45) is 11.8 Å². The van der Waals surface area contributed by atoms with Crippen LogP contribution in [0.5, 0.6) is 11.5 Å². The van der Waals surface area contributed by atoms with Gasteiger partial charge in [-0.3, -0.25) is 10.1 Å². The van der Waals surface area contributed by atoms with Gasteiger partial charge in [-0.25, -0.2) is 4.79 Å². The Balaban J connectivity index is 2.35. The van der Waals surface area contributed by atoms with Crippen molar-refractivity contribution in [3.63, 3.8) is 0 Å². The number of methoxy groups -OCH3 is 2. The predicted octanol–water partition coefficient (Wildman–Crippen LogP) is 4.18. The molecule has 150 valence electrons. The van der Waals surface area contributed by atoms with Gasteiger partial charge in [0.25, 0.3) is 5.69 Å². The summed E-state index contributed by atoms with van der Waals surface area (Å²) >= 11 is 0. The summed E-state index contributed by atoms with van der Waals surface area (Å²) in [5.74, 6) is 1.04. The second kappa shape index (κ2) is 8.92. The standard InChI is InChI=1S/C19H28N2O6/c1-12(2)18(27-19(22)20-8-6-13(3)7-9-20)14-10-16(25-4)17(26-5)11-15(14)21(23)24/h10-13,18H,6-9H2,1-5H3. The zero-order valence-corrected chi connectivity index (χ0v) is 16.6. The van der Waals surface area contributed by atoms with Gasteiger partial charge in [-0.1, -0.05) is 20.8 Å². The third-order valence-electron chi connectivity index (χ3n) is 4.91. The third-order valence-corrected chi connectivity index (χ3v) is 4.91. The maximum absolute atomic E-state index is 12.6. The molecule has 1 saturated heterocycles. The number of carbonyl (C=O) groups excluding carboxylic acids is 1. The minimum atomic E-state index is -0.767. The molecule has 0 radical (unpaired) electrons. The molecule has 0 spiro atoms. The molecule has 1 heterocycles. The lowest BCUT2D eigenvalue weighted by atomic mass is 9.96. The van der Waals surface area contributed by atoms with Crippen molar-refractivity contribution in [2.75, 3.05) is 27.3 Å². The second-order valence-corrected chi connectivity index (χ2v) is 7.24. The Morgan fingerprint density at radius 3 is 2.22 bits per heavy atom. The highest BCUT2D eigenvalue weighted by atomic mass is 16.6. The smallest absolute Gasteiger partial charge is 0.410 e. The Labute approximate surface area is 159 Å². The van der Waals surface area contributed by atoms with Crippen LogP contribution in [0.4, 0.5) is 10.5 Å². The zero-order valence-electron chi connectivity index (χ0n) is 16.6. The van der Waals surface area contributed by atoms with Crippen LogP contribution in [0, 0.1) is 22.0 Å². The van der Waals surface area contributed by atoms with Crippen LogP contribution in [0.3, 0.4) is 0 Å². The van der Waals surface area contributed by atoms with Crippen LogP contribution >= 0.6 is 0 Å². The Morgan fingerprint density at radius 1 is 1.19 bits per heavy atom. The number of nitro groups is 1. The highest BCUT2D eigenvalue weighted by Crippen LogP contribution is 2.41. The minimum absolute atomic E-state index is 0.158. The fourth-order valence-electron chi connectivity index (χ4n) is 3.20. The average Bonchev–Trinajstić information content (AvgIpc) is 2.65. The summed E-state index contributed by atoms with van der Waals surface area (Å²) in [5, 5.41) is 11.6. The largest absolute Gasteiger partial charge is 0.493 e. The lowest BCUT2D eigenvalue weighted by molar-refractivity contribution is -0.386. The maximum Gasteiger partial charge on any atom is 0.410 e. The third kappa shape index (κ3) is 4.81. The summed E-state index contributed by atoms with van der Waals surface area (Å²) in [4.78, 5) is 25.4. The van der Waals surface area contributed by atoms with Gasteiger partial charge in [0.15, 0.2) is 11.5 Å². The van der Waals surface area contributed by atoms with Gasteiger partial charge in [0.2, 0.25) is 0 Å². The van der Waals surface area contributed by atoms with E-state index in [0.29, 0.717) is 30.3 Å². The molecule has 0 bridgehead atoms. The first-order valence-electron chi connectivity index (χ1n) is 9.14. The fourth-order valence-corrected chi connectivity index (χ4v) is 3.20. The molecule has 1 aliphatic rings. The van der Waals surface area contributed by atoms with Gasteiger partial charge in [0, 0.05) is 13.1 Å². The van der Waals surface area contributed by atoms with Crippen LogP contribution < -0.4 is 9.47 Å². The minimum Gasteiger partial charge on any atom is -0.493 e. The van der Waals surface area contributed by atoms with E-state index in [2.05, 4.69) is 6.92 Å². The van der Waals surface area contributed by atoms with E-state index in [-0.39, 0.29) is 17.4 Å². The van der Waals surface area contributed by atoms with Gasteiger partial charge in [-0.15, -0.1) is 0 Å². The van der Waals surface area contributed by atoms with Crippen molar-refractivity contribution in [3.05, 3.63) is 27.8 Å². The maximum atomic E-state index is 12.6. The van der Waals surface area contributed by atoms with Gasteiger partial charge in [-0.05, 0) is 30.7 Å². The van der Waals surface area contributed by atoms with Gasteiger partial charge < -0.3 is 19.1 Å². The molecule has 27 heavy (non-hydrogen) atoms.